The van der Waals surface area contributed by atoms with Crippen molar-refractivity contribution in [2.75, 3.05) is 0 Å². The number of ether oxygens (including phenoxy) is 1. The SMILES string of the molecule is C[C@@H]1C=C(C(=O)OC(C)(C)C)CC1. The molecule has 0 radical (unpaired) electrons. The molecule has 0 spiro atoms. The van der Waals surface area contributed by atoms with Crippen molar-refractivity contribution in [3.63, 3.8) is 0 Å². The molecule has 0 aromatic carbocycles. The first kappa shape index (κ1) is 10.3. The first-order valence-corrected chi connectivity index (χ1v) is 4.82. The molecule has 1 atom stereocenters. The van der Waals surface area contributed by atoms with E-state index in [1.165, 1.54) is 0 Å². The van der Waals surface area contributed by atoms with E-state index in [1.807, 2.05) is 26.8 Å². The second kappa shape index (κ2) is 3.52. The standard InChI is InChI=1S/C11H18O2/c1-8-5-6-9(7-8)10(12)13-11(2,3)4/h7-8H,5-6H2,1-4H3/t8-/m0/s1. The second-order valence-corrected chi connectivity index (χ2v) is 4.71. The Morgan fingerprint density at radius 2 is 2.15 bits per heavy atom. The van der Waals surface area contributed by atoms with Gasteiger partial charge in [0.15, 0.2) is 0 Å². The van der Waals surface area contributed by atoms with Gasteiger partial charge >= 0.3 is 5.97 Å². The summed E-state index contributed by atoms with van der Waals surface area (Å²) in [5, 5.41) is 0. The maximum atomic E-state index is 11.5. The van der Waals surface area contributed by atoms with Gasteiger partial charge in [-0.25, -0.2) is 4.79 Å². The molecule has 1 aliphatic rings. The summed E-state index contributed by atoms with van der Waals surface area (Å²) in [6, 6.07) is 0. The average Bonchev–Trinajstić information content (AvgIpc) is 2.31. The predicted octanol–water partition coefficient (Wildman–Crippen LogP) is 2.68. The van der Waals surface area contributed by atoms with Gasteiger partial charge in [0, 0.05) is 5.57 Å². The first-order valence-electron chi connectivity index (χ1n) is 4.82. The zero-order valence-electron chi connectivity index (χ0n) is 8.89. The molecule has 1 rings (SSSR count). The number of allylic oxidation sites excluding steroid dienone is 1. The maximum Gasteiger partial charge on any atom is 0.334 e. The van der Waals surface area contributed by atoms with E-state index >= 15 is 0 Å². The lowest BCUT2D eigenvalue weighted by Crippen LogP contribution is -2.24. The number of carbonyl (C=O) groups is 1. The maximum absolute atomic E-state index is 11.5. The Kier molecular flexibility index (Phi) is 2.79. The molecule has 0 bridgehead atoms. The van der Waals surface area contributed by atoms with Crippen LogP contribution in [0.3, 0.4) is 0 Å². The summed E-state index contributed by atoms with van der Waals surface area (Å²) < 4.78 is 5.26. The highest BCUT2D eigenvalue weighted by Crippen LogP contribution is 2.25. The minimum absolute atomic E-state index is 0.142. The smallest absolute Gasteiger partial charge is 0.334 e. The fourth-order valence-electron chi connectivity index (χ4n) is 1.41. The molecule has 0 N–H and O–H groups in total. The van der Waals surface area contributed by atoms with Crippen molar-refractivity contribution in [3.8, 4) is 0 Å². The van der Waals surface area contributed by atoms with Crippen molar-refractivity contribution in [2.24, 2.45) is 5.92 Å². The van der Waals surface area contributed by atoms with Crippen molar-refractivity contribution in [1.29, 1.82) is 0 Å². The van der Waals surface area contributed by atoms with Gasteiger partial charge in [0.2, 0.25) is 0 Å². The van der Waals surface area contributed by atoms with Crippen LogP contribution in [0.2, 0.25) is 0 Å². The topological polar surface area (TPSA) is 26.3 Å². The summed E-state index contributed by atoms with van der Waals surface area (Å²) in [5.74, 6) is 0.388. The van der Waals surface area contributed by atoms with Crippen LogP contribution in [0.5, 0.6) is 0 Å². The summed E-state index contributed by atoms with van der Waals surface area (Å²) in [5.41, 5.74) is 0.478. The third kappa shape index (κ3) is 3.21. The van der Waals surface area contributed by atoms with E-state index in [-0.39, 0.29) is 11.6 Å². The lowest BCUT2D eigenvalue weighted by atomic mass is 10.2. The van der Waals surface area contributed by atoms with Gasteiger partial charge in [-0.15, -0.1) is 0 Å². The van der Waals surface area contributed by atoms with E-state index in [0.717, 1.165) is 18.4 Å². The molecule has 13 heavy (non-hydrogen) atoms. The summed E-state index contributed by atoms with van der Waals surface area (Å²) in [7, 11) is 0. The number of carbonyl (C=O) groups excluding carboxylic acids is 1. The highest BCUT2D eigenvalue weighted by atomic mass is 16.6. The van der Waals surface area contributed by atoms with Gasteiger partial charge < -0.3 is 4.74 Å². The van der Waals surface area contributed by atoms with Gasteiger partial charge in [-0.3, -0.25) is 0 Å². The molecule has 0 aliphatic heterocycles. The minimum atomic E-state index is -0.371. The van der Waals surface area contributed by atoms with Crippen LogP contribution in [-0.4, -0.2) is 11.6 Å². The summed E-state index contributed by atoms with van der Waals surface area (Å²) in [4.78, 5) is 11.5. The van der Waals surface area contributed by atoms with Gasteiger partial charge in [0.25, 0.3) is 0 Å². The van der Waals surface area contributed by atoms with Gasteiger partial charge in [0.1, 0.15) is 5.60 Å². The molecular weight excluding hydrogens is 164 g/mol. The van der Waals surface area contributed by atoms with Crippen molar-refractivity contribution in [2.45, 2.75) is 46.1 Å². The summed E-state index contributed by atoms with van der Waals surface area (Å²) in [6.07, 6.45) is 3.97. The zero-order chi connectivity index (χ0) is 10.1. The molecule has 0 aromatic rings. The third-order valence-corrected chi connectivity index (χ3v) is 2.02. The van der Waals surface area contributed by atoms with Crippen LogP contribution < -0.4 is 0 Å². The van der Waals surface area contributed by atoms with Crippen LogP contribution in [-0.2, 0) is 9.53 Å². The zero-order valence-corrected chi connectivity index (χ0v) is 8.89. The molecule has 0 aromatic heterocycles. The van der Waals surface area contributed by atoms with Crippen LogP contribution in [0.15, 0.2) is 11.6 Å². The number of rotatable bonds is 1. The Labute approximate surface area is 80.0 Å². The second-order valence-electron chi connectivity index (χ2n) is 4.71. The van der Waals surface area contributed by atoms with E-state index in [2.05, 4.69) is 6.92 Å². The fraction of sp³-hybridized carbons (Fsp3) is 0.727. The fourth-order valence-corrected chi connectivity index (χ4v) is 1.41. The Balaban J connectivity index is 2.54. The van der Waals surface area contributed by atoms with Gasteiger partial charge in [-0.2, -0.15) is 0 Å². The normalized spacial score (nSPS) is 22.8. The Morgan fingerprint density at radius 1 is 1.54 bits per heavy atom. The molecule has 0 amide bonds. The predicted molar refractivity (Wildman–Crippen MR) is 52.3 cm³/mol. The van der Waals surface area contributed by atoms with Crippen molar-refractivity contribution in [3.05, 3.63) is 11.6 Å². The molecule has 2 nitrogen and oxygen atoms in total. The van der Waals surface area contributed by atoms with Crippen LogP contribution in [0.1, 0.15) is 40.5 Å². The summed E-state index contributed by atoms with van der Waals surface area (Å²) >= 11 is 0. The number of esters is 1. The Bertz CT molecular complexity index is 233. The monoisotopic (exact) mass is 182 g/mol. The molecule has 74 valence electrons. The molecule has 0 heterocycles. The number of hydrogen-bond acceptors (Lipinski definition) is 2. The van der Waals surface area contributed by atoms with E-state index in [0.29, 0.717) is 5.92 Å². The van der Waals surface area contributed by atoms with E-state index < -0.39 is 0 Å². The Hall–Kier alpha value is -0.790. The number of hydrogen-bond donors (Lipinski definition) is 0. The van der Waals surface area contributed by atoms with Crippen LogP contribution >= 0.6 is 0 Å². The molecule has 0 unspecified atom stereocenters. The molecule has 1 aliphatic carbocycles. The average molecular weight is 182 g/mol. The van der Waals surface area contributed by atoms with Crippen molar-refractivity contribution in [1.82, 2.24) is 0 Å². The minimum Gasteiger partial charge on any atom is -0.457 e. The highest BCUT2D eigenvalue weighted by Gasteiger charge is 2.23. The summed E-state index contributed by atoms with van der Waals surface area (Å²) in [6.45, 7) is 7.80. The molecule has 0 saturated heterocycles. The largest absolute Gasteiger partial charge is 0.457 e. The lowest BCUT2D eigenvalue weighted by Gasteiger charge is -2.19. The Morgan fingerprint density at radius 3 is 2.54 bits per heavy atom. The van der Waals surface area contributed by atoms with E-state index in [9.17, 15) is 4.79 Å². The van der Waals surface area contributed by atoms with Crippen LogP contribution in [0.25, 0.3) is 0 Å². The highest BCUT2D eigenvalue weighted by molar-refractivity contribution is 5.89. The van der Waals surface area contributed by atoms with Gasteiger partial charge in [-0.05, 0) is 39.5 Å². The quantitative estimate of drug-likeness (QED) is 0.583. The van der Waals surface area contributed by atoms with Crippen LogP contribution in [0.4, 0.5) is 0 Å². The molecule has 0 fully saturated rings. The first-order chi connectivity index (χ1) is 5.88. The van der Waals surface area contributed by atoms with Crippen molar-refractivity contribution >= 4 is 5.97 Å². The molecule has 0 saturated carbocycles. The van der Waals surface area contributed by atoms with E-state index in [4.69, 9.17) is 4.74 Å². The van der Waals surface area contributed by atoms with Gasteiger partial charge in [0.05, 0.1) is 0 Å². The van der Waals surface area contributed by atoms with Crippen molar-refractivity contribution < 1.29 is 9.53 Å². The van der Waals surface area contributed by atoms with Crippen LogP contribution in [0, 0.1) is 5.92 Å². The lowest BCUT2D eigenvalue weighted by molar-refractivity contribution is -0.149. The van der Waals surface area contributed by atoms with E-state index in [1.54, 1.807) is 0 Å². The molecular formula is C11H18O2. The van der Waals surface area contributed by atoms with Gasteiger partial charge in [-0.1, -0.05) is 13.0 Å². The molecule has 2 heteroatoms. The third-order valence-electron chi connectivity index (χ3n) is 2.02.